The Kier molecular flexibility index (Phi) is 5.32. The van der Waals surface area contributed by atoms with Gasteiger partial charge in [0.15, 0.2) is 5.82 Å². The number of rotatable bonds is 5. The van der Waals surface area contributed by atoms with Gasteiger partial charge in [0.2, 0.25) is 5.89 Å². The van der Waals surface area contributed by atoms with Gasteiger partial charge in [-0.2, -0.15) is 4.98 Å². The number of hydrogen-bond acceptors (Lipinski definition) is 7. The van der Waals surface area contributed by atoms with Crippen molar-refractivity contribution in [3.8, 4) is 0 Å². The molecule has 1 aliphatic heterocycles. The molecule has 1 aliphatic rings. The van der Waals surface area contributed by atoms with Gasteiger partial charge in [0.25, 0.3) is 0 Å². The number of aryl methyl sites for hydroxylation is 1. The zero-order valence-electron chi connectivity index (χ0n) is 15.9. The third-order valence-electron chi connectivity index (χ3n) is 4.43. The van der Waals surface area contributed by atoms with E-state index in [0.29, 0.717) is 24.3 Å². The highest BCUT2D eigenvalue weighted by atomic mass is 16.5. The van der Waals surface area contributed by atoms with E-state index in [1.807, 2.05) is 6.92 Å². The van der Waals surface area contributed by atoms with Gasteiger partial charge < -0.3 is 9.42 Å². The second-order valence-corrected chi connectivity index (χ2v) is 7.34. The molecule has 0 amide bonds. The summed E-state index contributed by atoms with van der Waals surface area (Å²) in [6.07, 6.45) is 0. The van der Waals surface area contributed by atoms with Crippen molar-refractivity contribution in [2.45, 2.75) is 53.0 Å². The molecule has 3 rings (SSSR count). The highest BCUT2D eigenvalue weighted by molar-refractivity contribution is 5.40. The Hall–Kier alpha value is -2.02. The number of nitrogens with zero attached hydrogens (tertiary/aromatic N) is 6. The monoisotopic (exact) mass is 344 g/mol. The normalized spacial score (nSPS) is 16.2. The van der Waals surface area contributed by atoms with E-state index >= 15 is 0 Å². The van der Waals surface area contributed by atoms with Gasteiger partial charge in [0.1, 0.15) is 11.6 Å². The Balaban J connectivity index is 1.60. The Labute approximate surface area is 149 Å². The van der Waals surface area contributed by atoms with Crippen LogP contribution in [0.1, 0.15) is 62.8 Å². The first-order valence-corrected chi connectivity index (χ1v) is 9.07. The molecule has 136 valence electrons. The second-order valence-electron chi connectivity index (χ2n) is 7.34. The highest BCUT2D eigenvalue weighted by Gasteiger charge is 2.21. The van der Waals surface area contributed by atoms with Crippen molar-refractivity contribution in [3.05, 3.63) is 29.3 Å². The zero-order valence-corrected chi connectivity index (χ0v) is 15.9. The fourth-order valence-electron chi connectivity index (χ4n) is 2.89. The van der Waals surface area contributed by atoms with Crippen LogP contribution in [0.4, 0.5) is 5.82 Å². The molecule has 1 fully saturated rings. The molecule has 2 aromatic heterocycles. The van der Waals surface area contributed by atoms with Crippen LogP contribution in [0.3, 0.4) is 0 Å². The van der Waals surface area contributed by atoms with Crippen molar-refractivity contribution in [2.75, 3.05) is 31.1 Å². The van der Waals surface area contributed by atoms with Crippen molar-refractivity contribution in [3.63, 3.8) is 0 Å². The molecule has 0 atom stereocenters. The predicted molar refractivity (Wildman–Crippen MR) is 96.7 cm³/mol. The Morgan fingerprint density at radius 2 is 1.64 bits per heavy atom. The summed E-state index contributed by atoms with van der Waals surface area (Å²) in [4.78, 5) is 18.4. The molecule has 2 aromatic rings. The van der Waals surface area contributed by atoms with Gasteiger partial charge in [-0.15, -0.1) is 0 Å². The lowest BCUT2D eigenvalue weighted by Crippen LogP contribution is -2.46. The lowest BCUT2D eigenvalue weighted by atomic mass is 10.2. The molecule has 0 aliphatic carbocycles. The van der Waals surface area contributed by atoms with Gasteiger partial charge in [-0.05, 0) is 6.92 Å². The predicted octanol–water partition coefficient (Wildman–Crippen LogP) is 2.74. The van der Waals surface area contributed by atoms with Crippen molar-refractivity contribution < 1.29 is 4.52 Å². The van der Waals surface area contributed by atoms with E-state index in [1.165, 1.54) is 0 Å². The van der Waals surface area contributed by atoms with Crippen LogP contribution in [-0.4, -0.2) is 51.2 Å². The van der Waals surface area contributed by atoms with Gasteiger partial charge in [0, 0.05) is 49.8 Å². The summed E-state index contributed by atoms with van der Waals surface area (Å²) in [5.41, 5.74) is 1.03. The molecule has 0 N–H and O–H groups in total. The minimum atomic E-state index is 0.297. The van der Waals surface area contributed by atoms with Gasteiger partial charge in [-0.25, -0.2) is 9.97 Å². The summed E-state index contributed by atoms with van der Waals surface area (Å²) in [5, 5.41) is 4.04. The zero-order chi connectivity index (χ0) is 18.0. The van der Waals surface area contributed by atoms with E-state index < -0.39 is 0 Å². The summed E-state index contributed by atoms with van der Waals surface area (Å²) < 4.78 is 5.36. The van der Waals surface area contributed by atoms with E-state index in [4.69, 9.17) is 9.51 Å². The second kappa shape index (κ2) is 7.47. The number of anilines is 1. The van der Waals surface area contributed by atoms with Crippen molar-refractivity contribution >= 4 is 5.82 Å². The van der Waals surface area contributed by atoms with Gasteiger partial charge >= 0.3 is 0 Å². The minimum absolute atomic E-state index is 0.297. The van der Waals surface area contributed by atoms with E-state index in [-0.39, 0.29) is 0 Å². The van der Waals surface area contributed by atoms with Gasteiger partial charge in [-0.3, -0.25) is 4.90 Å². The maximum atomic E-state index is 5.36. The molecular weight excluding hydrogens is 316 g/mol. The van der Waals surface area contributed by atoms with E-state index in [1.54, 1.807) is 0 Å². The standard InChI is InChI=1S/C18H28N6O/c1-12(2)17-19-14(5)10-15(20-17)24-8-6-23(7-9-24)11-16-21-18(13(3)4)22-25-16/h10,12-13H,6-9,11H2,1-5H3. The van der Waals surface area contributed by atoms with E-state index in [0.717, 1.165) is 49.3 Å². The maximum Gasteiger partial charge on any atom is 0.240 e. The summed E-state index contributed by atoms with van der Waals surface area (Å²) in [6, 6.07) is 2.08. The smallest absolute Gasteiger partial charge is 0.240 e. The lowest BCUT2D eigenvalue weighted by molar-refractivity contribution is 0.215. The first kappa shape index (κ1) is 17.8. The summed E-state index contributed by atoms with van der Waals surface area (Å²) >= 11 is 0. The SMILES string of the molecule is Cc1cc(N2CCN(Cc3nc(C(C)C)no3)CC2)nc(C(C)C)n1. The molecule has 0 bridgehead atoms. The van der Waals surface area contributed by atoms with Crippen molar-refractivity contribution in [1.29, 1.82) is 0 Å². The minimum Gasteiger partial charge on any atom is -0.354 e. The van der Waals surface area contributed by atoms with E-state index in [2.05, 4.69) is 58.7 Å². The van der Waals surface area contributed by atoms with Crippen LogP contribution in [0, 0.1) is 6.92 Å². The molecule has 0 aromatic carbocycles. The van der Waals surface area contributed by atoms with Crippen molar-refractivity contribution in [1.82, 2.24) is 25.0 Å². The molecule has 3 heterocycles. The molecule has 7 heteroatoms. The summed E-state index contributed by atoms with van der Waals surface area (Å²) in [6.45, 7) is 15.0. The lowest BCUT2D eigenvalue weighted by Gasteiger charge is -2.34. The molecule has 0 radical (unpaired) electrons. The fourth-order valence-corrected chi connectivity index (χ4v) is 2.89. The fraction of sp³-hybridized carbons (Fsp3) is 0.667. The highest BCUT2D eigenvalue weighted by Crippen LogP contribution is 2.19. The number of aromatic nitrogens is 4. The molecule has 1 saturated heterocycles. The third-order valence-corrected chi connectivity index (χ3v) is 4.43. The van der Waals surface area contributed by atoms with Gasteiger partial charge in [-0.1, -0.05) is 32.9 Å². The first-order chi connectivity index (χ1) is 11.9. The Bertz CT molecular complexity index is 703. The summed E-state index contributed by atoms with van der Waals surface area (Å²) in [5.74, 6) is 4.08. The molecule has 25 heavy (non-hydrogen) atoms. The molecule has 0 saturated carbocycles. The number of piperazine rings is 1. The van der Waals surface area contributed by atoms with Crippen LogP contribution >= 0.6 is 0 Å². The maximum absolute atomic E-state index is 5.36. The summed E-state index contributed by atoms with van der Waals surface area (Å²) in [7, 11) is 0. The molecular formula is C18H28N6O. The Morgan fingerprint density at radius 1 is 0.960 bits per heavy atom. The average Bonchev–Trinajstić information content (AvgIpc) is 3.04. The Morgan fingerprint density at radius 3 is 2.24 bits per heavy atom. The quantitative estimate of drug-likeness (QED) is 0.826. The third kappa shape index (κ3) is 4.34. The van der Waals surface area contributed by atoms with Crippen LogP contribution < -0.4 is 4.90 Å². The van der Waals surface area contributed by atoms with Crippen LogP contribution in [0.5, 0.6) is 0 Å². The topological polar surface area (TPSA) is 71.2 Å². The van der Waals surface area contributed by atoms with Gasteiger partial charge in [0.05, 0.1) is 6.54 Å². The van der Waals surface area contributed by atoms with Crippen LogP contribution in [-0.2, 0) is 6.54 Å². The van der Waals surface area contributed by atoms with Crippen LogP contribution in [0.2, 0.25) is 0 Å². The van der Waals surface area contributed by atoms with Crippen LogP contribution in [0.15, 0.2) is 10.6 Å². The molecule has 0 unspecified atom stereocenters. The van der Waals surface area contributed by atoms with Crippen LogP contribution in [0.25, 0.3) is 0 Å². The number of hydrogen-bond donors (Lipinski definition) is 0. The largest absolute Gasteiger partial charge is 0.354 e. The first-order valence-electron chi connectivity index (χ1n) is 9.07. The average molecular weight is 344 g/mol. The molecule has 0 spiro atoms. The van der Waals surface area contributed by atoms with Crippen molar-refractivity contribution in [2.24, 2.45) is 0 Å². The molecule has 7 nitrogen and oxygen atoms in total. The van der Waals surface area contributed by atoms with E-state index in [9.17, 15) is 0 Å².